The Balaban J connectivity index is 1.70. The molecule has 1 aliphatic heterocycles. The molecule has 1 unspecified atom stereocenters. The van der Waals surface area contributed by atoms with Gasteiger partial charge in [0.2, 0.25) is 0 Å². The van der Waals surface area contributed by atoms with E-state index in [1.165, 1.54) is 5.56 Å². The van der Waals surface area contributed by atoms with Crippen molar-refractivity contribution in [2.45, 2.75) is 44.9 Å². The number of carbonyl (C=O) groups is 1. The second-order valence-corrected chi connectivity index (χ2v) is 6.88. The van der Waals surface area contributed by atoms with E-state index in [1.54, 1.807) is 6.20 Å². The summed E-state index contributed by atoms with van der Waals surface area (Å²) < 4.78 is 14.0. The van der Waals surface area contributed by atoms with E-state index in [-0.39, 0.29) is 5.60 Å². The zero-order chi connectivity index (χ0) is 16.4. The first-order valence-electron chi connectivity index (χ1n) is 7.47. The molecule has 1 aromatic carbocycles. The van der Waals surface area contributed by atoms with Gasteiger partial charge in [-0.2, -0.15) is 8.75 Å². The fraction of sp³-hybridized carbons (Fsp3) is 0.438. The molecule has 1 aliphatic rings. The Morgan fingerprint density at radius 1 is 1.52 bits per heavy atom. The SMILES string of the molecule is CC1(C)Cc2cccc(CNC(Cc3cnsn3)C(=O)O)c2O1. The summed E-state index contributed by atoms with van der Waals surface area (Å²) >= 11 is 1.08. The van der Waals surface area contributed by atoms with Crippen LogP contribution in [0.1, 0.15) is 30.7 Å². The number of fused-ring (bicyclic) bond motifs is 1. The molecule has 2 aromatic rings. The number of nitrogens with one attached hydrogen (secondary N) is 1. The van der Waals surface area contributed by atoms with Crippen molar-refractivity contribution in [1.82, 2.24) is 14.1 Å². The summed E-state index contributed by atoms with van der Waals surface area (Å²) in [5.41, 5.74) is 2.63. The maximum absolute atomic E-state index is 11.4. The molecule has 122 valence electrons. The van der Waals surface area contributed by atoms with Gasteiger partial charge in [-0.25, -0.2) is 0 Å². The van der Waals surface area contributed by atoms with Crippen molar-refractivity contribution in [2.75, 3.05) is 0 Å². The Morgan fingerprint density at radius 3 is 3.04 bits per heavy atom. The van der Waals surface area contributed by atoms with E-state index in [2.05, 4.69) is 34.0 Å². The van der Waals surface area contributed by atoms with Gasteiger partial charge in [-0.05, 0) is 19.4 Å². The molecule has 6 nitrogen and oxygen atoms in total. The summed E-state index contributed by atoms with van der Waals surface area (Å²) in [5.74, 6) is -0.0173. The number of hydrogen-bond donors (Lipinski definition) is 2. The molecule has 1 aromatic heterocycles. The molecule has 2 N–H and O–H groups in total. The lowest BCUT2D eigenvalue weighted by molar-refractivity contribution is -0.139. The van der Waals surface area contributed by atoms with Gasteiger partial charge >= 0.3 is 5.97 Å². The van der Waals surface area contributed by atoms with Crippen molar-refractivity contribution in [3.05, 3.63) is 41.2 Å². The molecular weight excluding hydrogens is 314 g/mol. The van der Waals surface area contributed by atoms with Crippen LogP contribution in [0.4, 0.5) is 0 Å². The van der Waals surface area contributed by atoms with Crippen LogP contribution >= 0.6 is 11.7 Å². The fourth-order valence-electron chi connectivity index (χ4n) is 2.78. The predicted molar refractivity (Wildman–Crippen MR) is 86.7 cm³/mol. The van der Waals surface area contributed by atoms with E-state index >= 15 is 0 Å². The van der Waals surface area contributed by atoms with Gasteiger partial charge in [-0.1, -0.05) is 18.2 Å². The third kappa shape index (κ3) is 3.68. The van der Waals surface area contributed by atoms with Crippen molar-refractivity contribution in [2.24, 2.45) is 0 Å². The number of para-hydroxylation sites is 1. The van der Waals surface area contributed by atoms with Crippen molar-refractivity contribution in [1.29, 1.82) is 0 Å². The highest BCUT2D eigenvalue weighted by atomic mass is 32.1. The molecule has 1 atom stereocenters. The van der Waals surface area contributed by atoms with Crippen molar-refractivity contribution >= 4 is 17.7 Å². The van der Waals surface area contributed by atoms with Crippen LogP contribution in [0.25, 0.3) is 0 Å². The van der Waals surface area contributed by atoms with Gasteiger partial charge in [0.15, 0.2) is 0 Å². The third-order valence-electron chi connectivity index (χ3n) is 3.83. The van der Waals surface area contributed by atoms with Crippen LogP contribution in [0.15, 0.2) is 24.4 Å². The number of carboxylic acids is 1. The predicted octanol–water partition coefficient (Wildman–Crippen LogP) is 2.04. The second kappa shape index (κ2) is 6.25. The number of carboxylic acid groups (broad SMARTS) is 1. The Morgan fingerprint density at radius 2 is 2.35 bits per heavy atom. The number of ether oxygens (including phenoxy) is 1. The van der Waals surface area contributed by atoms with Crippen molar-refractivity contribution in [3.8, 4) is 5.75 Å². The van der Waals surface area contributed by atoms with Gasteiger partial charge < -0.3 is 9.84 Å². The molecule has 2 heterocycles. The summed E-state index contributed by atoms with van der Waals surface area (Å²) in [6.07, 6.45) is 2.78. The molecule has 0 saturated heterocycles. The van der Waals surface area contributed by atoms with E-state index < -0.39 is 12.0 Å². The lowest BCUT2D eigenvalue weighted by atomic mass is 10.0. The summed E-state index contributed by atoms with van der Waals surface area (Å²) in [5, 5.41) is 12.5. The largest absolute Gasteiger partial charge is 0.487 e. The summed E-state index contributed by atoms with van der Waals surface area (Å²) in [6.45, 7) is 4.55. The van der Waals surface area contributed by atoms with Crippen LogP contribution in [0.3, 0.4) is 0 Å². The third-order valence-corrected chi connectivity index (χ3v) is 4.35. The average Bonchev–Trinajstić information content (AvgIpc) is 3.08. The highest BCUT2D eigenvalue weighted by molar-refractivity contribution is 6.99. The van der Waals surface area contributed by atoms with E-state index in [0.717, 1.165) is 29.5 Å². The molecule has 0 radical (unpaired) electrons. The lowest BCUT2D eigenvalue weighted by Gasteiger charge is -2.19. The minimum absolute atomic E-state index is 0.211. The normalized spacial score (nSPS) is 16.6. The number of aliphatic carboxylic acids is 1. The van der Waals surface area contributed by atoms with Crippen molar-refractivity contribution in [3.63, 3.8) is 0 Å². The van der Waals surface area contributed by atoms with E-state index in [9.17, 15) is 9.90 Å². The number of benzene rings is 1. The zero-order valence-corrected chi connectivity index (χ0v) is 13.9. The molecule has 0 saturated carbocycles. The molecule has 0 spiro atoms. The Labute approximate surface area is 138 Å². The van der Waals surface area contributed by atoms with Crippen LogP contribution in [-0.2, 0) is 24.2 Å². The fourth-order valence-corrected chi connectivity index (χ4v) is 3.22. The number of nitrogens with zero attached hydrogens (tertiary/aromatic N) is 2. The first-order valence-corrected chi connectivity index (χ1v) is 8.20. The first kappa shape index (κ1) is 15.9. The van der Waals surface area contributed by atoms with Crippen molar-refractivity contribution < 1.29 is 14.6 Å². The van der Waals surface area contributed by atoms with Crippen LogP contribution in [0.5, 0.6) is 5.75 Å². The second-order valence-electron chi connectivity index (χ2n) is 6.32. The number of hydrogen-bond acceptors (Lipinski definition) is 6. The molecule has 23 heavy (non-hydrogen) atoms. The molecule has 0 bridgehead atoms. The summed E-state index contributed by atoms with van der Waals surface area (Å²) in [4.78, 5) is 11.4. The number of rotatable bonds is 6. The Hall–Kier alpha value is -1.99. The quantitative estimate of drug-likeness (QED) is 0.841. The minimum atomic E-state index is -0.896. The molecular formula is C16H19N3O3S. The number of aromatic nitrogens is 2. The smallest absolute Gasteiger partial charge is 0.321 e. The molecule has 0 amide bonds. The highest BCUT2D eigenvalue weighted by Gasteiger charge is 2.31. The van der Waals surface area contributed by atoms with Crippen LogP contribution < -0.4 is 10.1 Å². The van der Waals surface area contributed by atoms with Gasteiger partial charge in [-0.3, -0.25) is 10.1 Å². The van der Waals surface area contributed by atoms with Crippen LogP contribution in [0.2, 0.25) is 0 Å². The topological polar surface area (TPSA) is 84.3 Å². The molecule has 0 aliphatic carbocycles. The zero-order valence-electron chi connectivity index (χ0n) is 13.1. The van der Waals surface area contributed by atoms with E-state index in [4.69, 9.17) is 4.74 Å². The van der Waals surface area contributed by atoms with E-state index in [1.807, 2.05) is 12.1 Å². The Bertz CT molecular complexity index is 701. The first-order chi connectivity index (χ1) is 10.9. The molecule has 7 heteroatoms. The van der Waals surface area contributed by atoms with Crippen LogP contribution in [-0.4, -0.2) is 31.5 Å². The van der Waals surface area contributed by atoms with Gasteiger partial charge in [0, 0.05) is 24.9 Å². The summed E-state index contributed by atoms with van der Waals surface area (Å²) in [7, 11) is 0. The average molecular weight is 333 g/mol. The lowest BCUT2D eigenvalue weighted by Crippen LogP contribution is -2.38. The molecule has 3 rings (SSSR count). The maximum Gasteiger partial charge on any atom is 0.321 e. The Kier molecular flexibility index (Phi) is 4.32. The maximum atomic E-state index is 11.4. The summed E-state index contributed by atoms with van der Waals surface area (Å²) in [6, 6.07) is 5.31. The highest BCUT2D eigenvalue weighted by Crippen LogP contribution is 2.37. The van der Waals surface area contributed by atoms with Gasteiger partial charge in [-0.15, -0.1) is 0 Å². The van der Waals surface area contributed by atoms with Crippen LogP contribution in [0, 0.1) is 0 Å². The standard InChI is InChI=1S/C16H19N3O3S/c1-16(2)7-10-4-3-5-11(14(10)22-16)8-17-13(15(20)21)6-12-9-18-23-19-12/h3-5,9,13,17H,6-8H2,1-2H3,(H,20,21). The monoisotopic (exact) mass is 333 g/mol. The minimum Gasteiger partial charge on any atom is -0.487 e. The van der Waals surface area contributed by atoms with Gasteiger partial charge in [0.05, 0.1) is 23.6 Å². The van der Waals surface area contributed by atoms with E-state index in [0.29, 0.717) is 18.7 Å². The van der Waals surface area contributed by atoms with Gasteiger partial charge in [0.25, 0.3) is 0 Å². The molecule has 0 fully saturated rings. The van der Waals surface area contributed by atoms with Gasteiger partial charge in [0.1, 0.15) is 17.4 Å².